The van der Waals surface area contributed by atoms with Crippen LogP contribution in [0.1, 0.15) is 50.9 Å². The minimum atomic E-state index is -0.895. The Labute approximate surface area is 142 Å². The van der Waals surface area contributed by atoms with Crippen LogP contribution in [0, 0.1) is 0 Å². The molecule has 1 aromatic carbocycles. The van der Waals surface area contributed by atoms with Gasteiger partial charge >= 0.3 is 5.97 Å². The largest absolute Gasteiger partial charge is 0.449 e. The molecule has 6 heteroatoms. The SMILES string of the molecule is C[C@H](OC(=O)c1cccc(N2CCCC2=O)c1)C(=O)NC(C)(C)C. The molecule has 1 aliphatic rings. The van der Waals surface area contributed by atoms with Crippen molar-refractivity contribution in [3.05, 3.63) is 29.8 Å². The number of nitrogens with zero attached hydrogens (tertiary/aromatic N) is 1. The zero-order chi connectivity index (χ0) is 17.9. The van der Waals surface area contributed by atoms with Crippen molar-refractivity contribution in [2.75, 3.05) is 11.4 Å². The number of amides is 2. The van der Waals surface area contributed by atoms with Crippen LogP contribution in [0.25, 0.3) is 0 Å². The lowest BCUT2D eigenvalue weighted by molar-refractivity contribution is -0.130. The minimum absolute atomic E-state index is 0.0541. The van der Waals surface area contributed by atoms with E-state index in [2.05, 4.69) is 5.32 Å². The summed E-state index contributed by atoms with van der Waals surface area (Å²) in [4.78, 5) is 37.7. The first kappa shape index (κ1) is 18.0. The van der Waals surface area contributed by atoms with E-state index in [1.54, 1.807) is 29.2 Å². The smallest absolute Gasteiger partial charge is 0.338 e. The molecule has 2 amide bonds. The highest BCUT2D eigenvalue weighted by Crippen LogP contribution is 2.22. The van der Waals surface area contributed by atoms with Crippen LogP contribution in [0.15, 0.2) is 24.3 Å². The molecule has 2 rings (SSSR count). The van der Waals surface area contributed by atoms with Crippen molar-refractivity contribution in [1.82, 2.24) is 5.32 Å². The third-order valence-electron chi connectivity index (χ3n) is 3.62. The van der Waals surface area contributed by atoms with Gasteiger partial charge in [0, 0.05) is 24.2 Å². The van der Waals surface area contributed by atoms with E-state index in [0.29, 0.717) is 24.2 Å². The van der Waals surface area contributed by atoms with Gasteiger partial charge in [-0.05, 0) is 52.3 Å². The third kappa shape index (κ3) is 4.57. The summed E-state index contributed by atoms with van der Waals surface area (Å²) in [7, 11) is 0. The monoisotopic (exact) mass is 332 g/mol. The fraction of sp³-hybridized carbons (Fsp3) is 0.500. The molecule has 1 saturated heterocycles. The Kier molecular flexibility index (Phi) is 5.26. The van der Waals surface area contributed by atoms with Gasteiger partial charge in [0.15, 0.2) is 6.10 Å². The number of carbonyl (C=O) groups is 3. The van der Waals surface area contributed by atoms with Crippen LogP contribution in [0.3, 0.4) is 0 Å². The number of benzene rings is 1. The molecule has 0 radical (unpaired) electrons. The Morgan fingerprint density at radius 3 is 2.58 bits per heavy atom. The van der Waals surface area contributed by atoms with Gasteiger partial charge in [-0.1, -0.05) is 6.07 Å². The molecular formula is C18H24N2O4. The maximum Gasteiger partial charge on any atom is 0.338 e. The normalized spacial score (nSPS) is 16.0. The molecule has 1 atom stereocenters. The topological polar surface area (TPSA) is 75.7 Å². The van der Waals surface area contributed by atoms with Crippen molar-refractivity contribution in [3.8, 4) is 0 Å². The van der Waals surface area contributed by atoms with Crippen LogP contribution in [0.5, 0.6) is 0 Å². The summed E-state index contributed by atoms with van der Waals surface area (Å²) < 4.78 is 5.23. The zero-order valence-electron chi connectivity index (χ0n) is 14.6. The Morgan fingerprint density at radius 2 is 2.00 bits per heavy atom. The second kappa shape index (κ2) is 7.03. The van der Waals surface area contributed by atoms with Crippen LogP contribution in [0.4, 0.5) is 5.69 Å². The van der Waals surface area contributed by atoms with Crippen LogP contribution < -0.4 is 10.2 Å². The number of anilines is 1. The van der Waals surface area contributed by atoms with E-state index in [4.69, 9.17) is 4.74 Å². The van der Waals surface area contributed by atoms with Gasteiger partial charge in [-0.15, -0.1) is 0 Å². The fourth-order valence-corrected chi connectivity index (χ4v) is 2.48. The summed E-state index contributed by atoms with van der Waals surface area (Å²) in [5.41, 5.74) is 0.606. The summed E-state index contributed by atoms with van der Waals surface area (Å²) in [5, 5.41) is 2.77. The average Bonchev–Trinajstić information content (AvgIpc) is 2.91. The molecule has 130 valence electrons. The number of esters is 1. The number of carbonyl (C=O) groups excluding carboxylic acids is 3. The predicted octanol–water partition coefficient (Wildman–Crippen LogP) is 2.27. The first-order valence-corrected chi connectivity index (χ1v) is 8.11. The molecule has 6 nitrogen and oxygen atoms in total. The van der Waals surface area contributed by atoms with Crippen molar-refractivity contribution in [2.24, 2.45) is 0 Å². The molecule has 1 heterocycles. The van der Waals surface area contributed by atoms with Crippen molar-refractivity contribution in [2.45, 2.75) is 52.2 Å². The standard InChI is InChI=1S/C18H24N2O4/c1-12(16(22)19-18(2,3)4)24-17(23)13-7-5-8-14(11-13)20-10-6-9-15(20)21/h5,7-8,11-12H,6,9-10H2,1-4H3,(H,19,22)/t12-/m0/s1. The molecule has 1 aromatic rings. The van der Waals surface area contributed by atoms with Gasteiger partial charge in [-0.25, -0.2) is 4.79 Å². The Morgan fingerprint density at radius 1 is 1.29 bits per heavy atom. The van der Waals surface area contributed by atoms with E-state index < -0.39 is 17.6 Å². The Hall–Kier alpha value is -2.37. The van der Waals surface area contributed by atoms with E-state index >= 15 is 0 Å². The summed E-state index contributed by atoms with van der Waals surface area (Å²) in [6.45, 7) is 7.76. The van der Waals surface area contributed by atoms with Gasteiger partial charge in [0.1, 0.15) is 0 Å². The second-order valence-corrected chi connectivity index (χ2v) is 6.99. The number of rotatable bonds is 4. The highest BCUT2D eigenvalue weighted by Gasteiger charge is 2.25. The highest BCUT2D eigenvalue weighted by molar-refractivity contribution is 5.98. The van der Waals surface area contributed by atoms with Gasteiger partial charge in [-0.2, -0.15) is 0 Å². The van der Waals surface area contributed by atoms with Crippen molar-refractivity contribution in [3.63, 3.8) is 0 Å². The molecule has 0 aliphatic carbocycles. The Balaban J connectivity index is 2.04. The summed E-state index contributed by atoms with van der Waals surface area (Å²) >= 11 is 0. The lowest BCUT2D eigenvalue weighted by Gasteiger charge is -2.23. The average molecular weight is 332 g/mol. The maximum absolute atomic E-state index is 12.3. The van der Waals surface area contributed by atoms with Crippen LogP contribution >= 0.6 is 0 Å². The lowest BCUT2D eigenvalue weighted by atomic mass is 10.1. The minimum Gasteiger partial charge on any atom is -0.449 e. The molecular weight excluding hydrogens is 308 g/mol. The van der Waals surface area contributed by atoms with Gasteiger partial charge in [0.05, 0.1) is 5.56 Å². The molecule has 0 unspecified atom stereocenters. The molecule has 1 aliphatic heterocycles. The molecule has 0 saturated carbocycles. The first-order chi connectivity index (χ1) is 11.2. The molecule has 0 aromatic heterocycles. The highest BCUT2D eigenvalue weighted by atomic mass is 16.5. The number of hydrogen-bond donors (Lipinski definition) is 1. The summed E-state index contributed by atoms with van der Waals surface area (Å²) in [6.07, 6.45) is 0.449. The fourth-order valence-electron chi connectivity index (χ4n) is 2.48. The molecule has 0 bridgehead atoms. The van der Waals surface area contributed by atoms with Crippen molar-refractivity contribution in [1.29, 1.82) is 0 Å². The number of nitrogens with one attached hydrogen (secondary N) is 1. The molecule has 0 spiro atoms. The molecule has 1 fully saturated rings. The van der Waals surface area contributed by atoms with Crippen molar-refractivity contribution >= 4 is 23.5 Å². The zero-order valence-corrected chi connectivity index (χ0v) is 14.6. The van der Waals surface area contributed by atoms with E-state index in [9.17, 15) is 14.4 Å². The van der Waals surface area contributed by atoms with Crippen LogP contribution in [-0.4, -0.2) is 36.0 Å². The van der Waals surface area contributed by atoms with Gasteiger partial charge in [-0.3, -0.25) is 9.59 Å². The summed E-state index contributed by atoms with van der Waals surface area (Å²) in [5.74, 6) is -0.875. The van der Waals surface area contributed by atoms with E-state index in [-0.39, 0.29) is 11.8 Å². The number of ether oxygens (including phenoxy) is 1. The third-order valence-corrected chi connectivity index (χ3v) is 3.62. The van der Waals surface area contributed by atoms with Crippen molar-refractivity contribution < 1.29 is 19.1 Å². The quantitative estimate of drug-likeness (QED) is 0.858. The number of hydrogen-bond acceptors (Lipinski definition) is 4. The van der Waals surface area contributed by atoms with E-state index in [0.717, 1.165) is 6.42 Å². The van der Waals surface area contributed by atoms with Gasteiger partial charge < -0.3 is 15.0 Å². The van der Waals surface area contributed by atoms with E-state index in [1.807, 2.05) is 20.8 Å². The second-order valence-electron chi connectivity index (χ2n) is 6.99. The first-order valence-electron chi connectivity index (χ1n) is 8.11. The predicted molar refractivity (Wildman–Crippen MR) is 90.8 cm³/mol. The van der Waals surface area contributed by atoms with Gasteiger partial charge in [0.25, 0.3) is 5.91 Å². The van der Waals surface area contributed by atoms with Gasteiger partial charge in [0.2, 0.25) is 5.91 Å². The molecule has 1 N–H and O–H groups in total. The maximum atomic E-state index is 12.3. The molecule has 24 heavy (non-hydrogen) atoms. The van der Waals surface area contributed by atoms with Crippen LogP contribution in [-0.2, 0) is 14.3 Å². The Bertz CT molecular complexity index is 649. The lowest BCUT2D eigenvalue weighted by Crippen LogP contribution is -2.46. The summed E-state index contributed by atoms with van der Waals surface area (Å²) in [6, 6.07) is 6.73. The van der Waals surface area contributed by atoms with E-state index in [1.165, 1.54) is 6.92 Å². The van der Waals surface area contributed by atoms with Crippen LogP contribution in [0.2, 0.25) is 0 Å².